The summed E-state index contributed by atoms with van der Waals surface area (Å²) in [5, 5.41) is 9.40. The van der Waals surface area contributed by atoms with Gasteiger partial charge in [0.2, 0.25) is 5.91 Å². The monoisotopic (exact) mass is 301 g/mol. The molecule has 4 nitrogen and oxygen atoms in total. The van der Waals surface area contributed by atoms with Gasteiger partial charge in [0, 0.05) is 13.1 Å². The molecule has 1 aromatic carbocycles. The first kappa shape index (κ1) is 14.1. The van der Waals surface area contributed by atoms with E-state index in [1.807, 2.05) is 17.0 Å². The van der Waals surface area contributed by atoms with E-state index in [0.29, 0.717) is 18.6 Å². The molecule has 2 bridgehead atoms. The fraction of sp³-hybridized carbons (Fsp3) is 0.611. The number of nitrogens with zero attached hydrogens (tertiary/aromatic N) is 1. The number of carbonyl (C=O) groups is 1. The molecule has 1 aromatic rings. The molecule has 22 heavy (non-hydrogen) atoms. The van der Waals surface area contributed by atoms with Crippen LogP contribution in [0.3, 0.4) is 0 Å². The molecule has 0 aromatic heterocycles. The highest BCUT2D eigenvalue weighted by Crippen LogP contribution is 2.40. The van der Waals surface area contributed by atoms with Gasteiger partial charge in [0.05, 0.1) is 18.1 Å². The van der Waals surface area contributed by atoms with Gasteiger partial charge in [0.25, 0.3) is 0 Å². The maximum atomic E-state index is 13.0. The lowest BCUT2D eigenvalue weighted by Gasteiger charge is -2.28. The van der Waals surface area contributed by atoms with E-state index in [-0.39, 0.29) is 23.7 Å². The van der Waals surface area contributed by atoms with Crippen molar-refractivity contribution in [1.29, 1.82) is 0 Å². The summed E-state index contributed by atoms with van der Waals surface area (Å²) in [5.41, 5.74) is 1.08. The Morgan fingerprint density at radius 1 is 1.18 bits per heavy atom. The molecule has 118 valence electrons. The number of hydrogen-bond donors (Lipinski definition) is 1. The van der Waals surface area contributed by atoms with Crippen LogP contribution in [-0.4, -0.2) is 34.7 Å². The minimum Gasteiger partial charge on any atom is -0.508 e. The Balaban J connectivity index is 1.47. The molecule has 2 heterocycles. The number of hydrogen-bond acceptors (Lipinski definition) is 3. The Kier molecular flexibility index (Phi) is 3.57. The van der Waals surface area contributed by atoms with Crippen molar-refractivity contribution in [3.8, 4) is 5.75 Å². The van der Waals surface area contributed by atoms with Crippen molar-refractivity contribution in [2.75, 3.05) is 6.54 Å². The highest BCUT2D eigenvalue weighted by Gasteiger charge is 2.46. The number of rotatable bonds is 5. The van der Waals surface area contributed by atoms with Gasteiger partial charge < -0.3 is 14.7 Å². The average molecular weight is 301 g/mol. The van der Waals surface area contributed by atoms with Crippen molar-refractivity contribution < 1.29 is 14.6 Å². The number of benzene rings is 1. The number of phenols is 1. The lowest BCUT2D eigenvalue weighted by atomic mass is 9.88. The highest BCUT2D eigenvalue weighted by molar-refractivity contribution is 5.80. The minimum atomic E-state index is 0.0645. The maximum Gasteiger partial charge on any atom is 0.228 e. The first-order chi connectivity index (χ1) is 10.7. The molecule has 0 unspecified atom stereocenters. The first-order valence-corrected chi connectivity index (χ1v) is 8.41. The summed E-state index contributed by atoms with van der Waals surface area (Å²) in [5.74, 6) is 1.28. The number of carbonyl (C=O) groups excluding carboxylic acids is 1. The van der Waals surface area contributed by atoms with Gasteiger partial charge in [-0.1, -0.05) is 12.1 Å². The van der Waals surface area contributed by atoms with E-state index < -0.39 is 0 Å². The molecule has 1 amide bonds. The average Bonchev–Trinajstić information content (AvgIpc) is 3.09. The fourth-order valence-corrected chi connectivity index (χ4v) is 3.80. The molecule has 0 radical (unpaired) electrons. The Hall–Kier alpha value is -1.55. The lowest BCUT2D eigenvalue weighted by Crippen LogP contribution is -2.40. The fourth-order valence-electron chi connectivity index (χ4n) is 3.80. The molecule has 4 rings (SSSR count). The lowest BCUT2D eigenvalue weighted by molar-refractivity contribution is -0.138. The van der Waals surface area contributed by atoms with Gasteiger partial charge in [-0.3, -0.25) is 4.79 Å². The van der Waals surface area contributed by atoms with Crippen molar-refractivity contribution in [3.05, 3.63) is 29.8 Å². The summed E-state index contributed by atoms with van der Waals surface area (Å²) in [6, 6.07) is 7.19. The van der Waals surface area contributed by atoms with E-state index >= 15 is 0 Å². The van der Waals surface area contributed by atoms with E-state index in [1.165, 1.54) is 12.8 Å². The Morgan fingerprint density at radius 3 is 2.55 bits per heavy atom. The van der Waals surface area contributed by atoms with Crippen LogP contribution in [0.5, 0.6) is 5.75 Å². The number of phenolic OH excluding ortho intramolecular Hbond substituents is 1. The van der Waals surface area contributed by atoms with Crippen LogP contribution in [0, 0.1) is 11.8 Å². The van der Waals surface area contributed by atoms with E-state index in [0.717, 1.165) is 31.4 Å². The van der Waals surface area contributed by atoms with E-state index in [2.05, 4.69) is 0 Å². The molecule has 4 heteroatoms. The summed E-state index contributed by atoms with van der Waals surface area (Å²) >= 11 is 0. The predicted octanol–water partition coefficient (Wildman–Crippen LogP) is 2.70. The highest BCUT2D eigenvalue weighted by atomic mass is 16.5. The molecule has 1 aliphatic carbocycles. The predicted molar refractivity (Wildman–Crippen MR) is 82.2 cm³/mol. The SMILES string of the molecule is O=C([C@@H]1C[C@H]2CC[C@H]1O2)N(Cc1ccc(O)cc1)CC1CC1. The van der Waals surface area contributed by atoms with E-state index in [1.54, 1.807) is 12.1 Å². The second kappa shape index (κ2) is 5.58. The van der Waals surface area contributed by atoms with Gasteiger partial charge in [-0.05, 0) is 55.7 Å². The van der Waals surface area contributed by atoms with Crippen LogP contribution in [0.15, 0.2) is 24.3 Å². The zero-order chi connectivity index (χ0) is 15.1. The summed E-state index contributed by atoms with van der Waals surface area (Å²) in [6.07, 6.45) is 6.01. The normalized spacial score (nSPS) is 29.7. The third-order valence-corrected chi connectivity index (χ3v) is 5.22. The standard InChI is InChI=1S/C18H23NO3/c20-14-5-3-13(4-6-14)11-19(10-12-1-2-12)18(21)16-9-15-7-8-17(16)22-15/h3-6,12,15-17,20H,1-2,7-11H2/t15-,16-,17-/m1/s1. The van der Waals surface area contributed by atoms with Gasteiger partial charge in [-0.2, -0.15) is 0 Å². The number of aromatic hydroxyl groups is 1. The van der Waals surface area contributed by atoms with Gasteiger partial charge >= 0.3 is 0 Å². The Bertz CT molecular complexity index is 552. The molecule has 2 saturated heterocycles. The van der Waals surface area contributed by atoms with Gasteiger partial charge in [0.1, 0.15) is 5.75 Å². The molecule has 3 aliphatic rings. The molecular weight excluding hydrogens is 278 g/mol. The molecule has 2 aliphatic heterocycles. The molecular formula is C18H23NO3. The number of fused-ring (bicyclic) bond motifs is 2. The molecule has 3 fully saturated rings. The van der Waals surface area contributed by atoms with Crippen LogP contribution < -0.4 is 0 Å². The van der Waals surface area contributed by atoms with Gasteiger partial charge in [-0.15, -0.1) is 0 Å². The Morgan fingerprint density at radius 2 is 1.95 bits per heavy atom. The van der Waals surface area contributed by atoms with Crippen molar-refractivity contribution in [2.24, 2.45) is 11.8 Å². The topological polar surface area (TPSA) is 49.8 Å². The quantitative estimate of drug-likeness (QED) is 0.909. The van der Waals surface area contributed by atoms with Crippen LogP contribution in [-0.2, 0) is 16.1 Å². The molecule has 3 atom stereocenters. The summed E-state index contributed by atoms with van der Waals surface area (Å²) in [6.45, 7) is 1.51. The molecule has 0 spiro atoms. The van der Waals surface area contributed by atoms with Crippen LogP contribution in [0.2, 0.25) is 0 Å². The third kappa shape index (κ3) is 2.84. The van der Waals surface area contributed by atoms with Crippen LogP contribution in [0.1, 0.15) is 37.7 Å². The number of amides is 1. The van der Waals surface area contributed by atoms with E-state index in [4.69, 9.17) is 4.74 Å². The molecule has 1 saturated carbocycles. The van der Waals surface area contributed by atoms with Crippen molar-refractivity contribution in [3.63, 3.8) is 0 Å². The zero-order valence-corrected chi connectivity index (χ0v) is 12.8. The summed E-state index contributed by atoms with van der Waals surface area (Å²) in [4.78, 5) is 15.0. The second-order valence-electron chi connectivity index (χ2n) is 7.04. The van der Waals surface area contributed by atoms with Crippen LogP contribution in [0.25, 0.3) is 0 Å². The van der Waals surface area contributed by atoms with Crippen molar-refractivity contribution >= 4 is 5.91 Å². The number of ether oxygens (including phenoxy) is 1. The van der Waals surface area contributed by atoms with Gasteiger partial charge in [0.15, 0.2) is 0 Å². The van der Waals surface area contributed by atoms with E-state index in [9.17, 15) is 9.90 Å². The van der Waals surface area contributed by atoms with Crippen molar-refractivity contribution in [2.45, 2.75) is 50.9 Å². The van der Waals surface area contributed by atoms with Crippen molar-refractivity contribution in [1.82, 2.24) is 4.90 Å². The van der Waals surface area contributed by atoms with Crippen LogP contribution in [0.4, 0.5) is 0 Å². The smallest absolute Gasteiger partial charge is 0.228 e. The van der Waals surface area contributed by atoms with Gasteiger partial charge in [-0.25, -0.2) is 0 Å². The van der Waals surface area contributed by atoms with Crippen LogP contribution >= 0.6 is 0 Å². The first-order valence-electron chi connectivity index (χ1n) is 8.41. The minimum absolute atomic E-state index is 0.0645. The zero-order valence-electron chi connectivity index (χ0n) is 12.8. The Labute approximate surface area is 131 Å². The molecule has 1 N–H and O–H groups in total. The largest absolute Gasteiger partial charge is 0.508 e. The summed E-state index contributed by atoms with van der Waals surface area (Å²) < 4.78 is 5.86. The third-order valence-electron chi connectivity index (χ3n) is 5.22. The second-order valence-corrected chi connectivity index (χ2v) is 7.04. The summed E-state index contributed by atoms with van der Waals surface area (Å²) in [7, 11) is 0. The maximum absolute atomic E-state index is 13.0.